The van der Waals surface area contributed by atoms with Crippen LogP contribution in [0, 0.1) is 0 Å². The number of nitrogens with one attached hydrogen (secondary N) is 1. The molecule has 0 aliphatic carbocycles. The van der Waals surface area contributed by atoms with Gasteiger partial charge in [0.05, 0.1) is 24.2 Å². The number of carbonyl (C=O) groups excluding carboxylic acids is 1. The van der Waals surface area contributed by atoms with Gasteiger partial charge in [0.15, 0.2) is 11.5 Å². The van der Waals surface area contributed by atoms with E-state index in [0.717, 1.165) is 11.0 Å². The van der Waals surface area contributed by atoms with Gasteiger partial charge in [-0.1, -0.05) is 12.1 Å². The molecule has 1 aromatic heterocycles. The van der Waals surface area contributed by atoms with Gasteiger partial charge in [-0.05, 0) is 44.2 Å². The lowest BCUT2D eigenvalue weighted by molar-refractivity contribution is 0.101. The van der Waals surface area contributed by atoms with Gasteiger partial charge in [0.25, 0.3) is 5.91 Å². The number of para-hydroxylation sites is 2. The van der Waals surface area contributed by atoms with Gasteiger partial charge in [0.1, 0.15) is 6.33 Å². The molecule has 0 atom stereocenters. The highest BCUT2D eigenvalue weighted by atomic mass is 16.5. The van der Waals surface area contributed by atoms with Crippen molar-refractivity contribution in [2.24, 2.45) is 0 Å². The monoisotopic (exact) mass is 325 g/mol. The van der Waals surface area contributed by atoms with Crippen molar-refractivity contribution in [2.45, 2.75) is 20.0 Å². The number of hydrogen-bond donors (Lipinski definition) is 1. The zero-order valence-electron chi connectivity index (χ0n) is 13.8. The van der Waals surface area contributed by atoms with Gasteiger partial charge in [-0.15, -0.1) is 0 Å². The summed E-state index contributed by atoms with van der Waals surface area (Å²) in [6, 6.07) is 12.7. The van der Waals surface area contributed by atoms with Crippen LogP contribution >= 0.6 is 0 Å². The van der Waals surface area contributed by atoms with Gasteiger partial charge in [0.2, 0.25) is 0 Å². The minimum atomic E-state index is -0.257. The Hall–Kier alpha value is -3.02. The van der Waals surface area contributed by atoms with E-state index < -0.39 is 0 Å². The average Bonchev–Trinajstić information content (AvgIpc) is 2.98. The summed E-state index contributed by atoms with van der Waals surface area (Å²) in [5.41, 5.74) is 4.93. The van der Waals surface area contributed by atoms with E-state index in [1.807, 2.05) is 38.1 Å². The molecule has 124 valence electrons. The molecule has 1 amide bonds. The van der Waals surface area contributed by atoms with E-state index in [0.29, 0.717) is 17.1 Å². The molecule has 24 heavy (non-hydrogen) atoms. The molecule has 0 saturated heterocycles. The van der Waals surface area contributed by atoms with Crippen LogP contribution in [0.5, 0.6) is 11.5 Å². The number of rotatable bonds is 5. The summed E-state index contributed by atoms with van der Waals surface area (Å²) in [6.07, 6.45) is 1.60. The van der Waals surface area contributed by atoms with E-state index in [-0.39, 0.29) is 12.0 Å². The maximum absolute atomic E-state index is 12.5. The average molecular weight is 325 g/mol. The highest BCUT2D eigenvalue weighted by Gasteiger charge is 2.13. The molecule has 3 rings (SSSR count). The van der Waals surface area contributed by atoms with Gasteiger partial charge in [0, 0.05) is 5.56 Å². The molecular weight excluding hydrogens is 306 g/mol. The van der Waals surface area contributed by atoms with Gasteiger partial charge >= 0.3 is 0 Å². The minimum absolute atomic E-state index is 0.0240. The van der Waals surface area contributed by atoms with Crippen LogP contribution in [0.2, 0.25) is 0 Å². The van der Waals surface area contributed by atoms with Gasteiger partial charge in [-0.2, -0.15) is 0 Å². The quantitative estimate of drug-likeness (QED) is 0.782. The number of aromatic nitrogens is 2. The summed E-state index contributed by atoms with van der Waals surface area (Å²) in [6.45, 7) is 3.87. The van der Waals surface area contributed by atoms with Crippen LogP contribution in [-0.4, -0.2) is 28.8 Å². The fraction of sp³-hybridized carbons (Fsp3) is 0.222. The smallest absolute Gasteiger partial charge is 0.270 e. The Morgan fingerprint density at radius 3 is 2.71 bits per heavy atom. The molecule has 6 heteroatoms. The molecule has 6 nitrogen and oxygen atoms in total. The summed E-state index contributed by atoms with van der Waals surface area (Å²) in [5, 5.41) is 0. The summed E-state index contributed by atoms with van der Waals surface area (Å²) in [5.74, 6) is 0.872. The van der Waals surface area contributed by atoms with Crippen LogP contribution in [0.1, 0.15) is 24.2 Å². The van der Waals surface area contributed by atoms with Crippen molar-refractivity contribution in [3.05, 3.63) is 54.4 Å². The Kier molecular flexibility index (Phi) is 4.37. The summed E-state index contributed by atoms with van der Waals surface area (Å²) in [4.78, 5) is 16.8. The van der Waals surface area contributed by atoms with E-state index in [2.05, 4.69) is 10.4 Å². The Bertz CT molecular complexity index is 871. The zero-order valence-corrected chi connectivity index (χ0v) is 13.8. The third-order valence-electron chi connectivity index (χ3n) is 3.46. The van der Waals surface area contributed by atoms with E-state index in [1.54, 1.807) is 36.3 Å². The van der Waals surface area contributed by atoms with Crippen LogP contribution < -0.4 is 14.9 Å². The molecule has 0 radical (unpaired) electrons. The lowest BCUT2D eigenvalue weighted by Crippen LogP contribution is -2.22. The summed E-state index contributed by atoms with van der Waals surface area (Å²) in [7, 11) is 1.55. The maximum atomic E-state index is 12.5. The lowest BCUT2D eigenvalue weighted by atomic mass is 10.2. The number of imidazole rings is 1. The molecule has 0 saturated carbocycles. The minimum Gasteiger partial charge on any atom is -0.493 e. The molecule has 0 spiro atoms. The van der Waals surface area contributed by atoms with Crippen molar-refractivity contribution in [3.8, 4) is 11.5 Å². The van der Waals surface area contributed by atoms with Gasteiger partial charge < -0.3 is 9.47 Å². The predicted octanol–water partition coefficient (Wildman–Crippen LogP) is 3.22. The molecule has 1 N–H and O–H groups in total. The van der Waals surface area contributed by atoms with Crippen molar-refractivity contribution in [3.63, 3.8) is 0 Å². The van der Waals surface area contributed by atoms with Crippen LogP contribution in [0.25, 0.3) is 11.0 Å². The first-order valence-electron chi connectivity index (χ1n) is 7.66. The largest absolute Gasteiger partial charge is 0.493 e. The van der Waals surface area contributed by atoms with E-state index in [9.17, 15) is 4.79 Å². The molecule has 1 heterocycles. The molecule has 0 bridgehead atoms. The predicted molar refractivity (Wildman–Crippen MR) is 92.2 cm³/mol. The maximum Gasteiger partial charge on any atom is 0.270 e. The molecule has 3 aromatic rings. The molecule has 2 aromatic carbocycles. The topological polar surface area (TPSA) is 65.4 Å². The van der Waals surface area contributed by atoms with Crippen molar-refractivity contribution in [2.75, 3.05) is 12.5 Å². The molecule has 0 unspecified atom stereocenters. The zero-order chi connectivity index (χ0) is 17.1. The number of amides is 1. The Morgan fingerprint density at radius 1 is 1.17 bits per heavy atom. The van der Waals surface area contributed by atoms with E-state index in [4.69, 9.17) is 9.47 Å². The highest BCUT2D eigenvalue weighted by Crippen LogP contribution is 2.29. The van der Waals surface area contributed by atoms with Crippen LogP contribution in [0.15, 0.2) is 48.8 Å². The second-order valence-electron chi connectivity index (χ2n) is 5.58. The van der Waals surface area contributed by atoms with E-state index in [1.165, 1.54) is 0 Å². The van der Waals surface area contributed by atoms with Crippen molar-refractivity contribution < 1.29 is 14.3 Å². The number of hydrogen-bond acceptors (Lipinski definition) is 4. The first kappa shape index (κ1) is 15.9. The van der Waals surface area contributed by atoms with Crippen molar-refractivity contribution in [1.29, 1.82) is 0 Å². The summed E-state index contributed by atoms with van der Waals surface area (Å²) >= 11 is 0. The highest BCUT2D eigenvalue weighted by molar-refractivity contribution is 6.01. The number of ether oxygens (including phenoxy) is 2. The van der Waals surface area contributed by atoms with Crippen LogP contribution in [0.4, 0.5) is 0 Å². The first-order valence-corrected chi connectivity index (χ1v) is 7.66. The number of nitrogens with zero attached hydrogens (tertiary/aromatic N) is 2. The molecular formula is C18H19N3O3. The van der Waals surface area contributed by atoms with Crippen LogP contribution in [0.3, 0.4) is 0 Å². The number of methoxy groups -OCH3 is 1. The Labute approximate surface area is 140 Å². The number of benzene rings is 2. The molecule has 0 fully saturated rings. The first-order chi connectivity index (χ1) is 11.6. The standard InChI is InChI=1S/C18H19N3O3/c1-12(2)24-16-9-8-13(10-17(16)23-3)18(22)20-21-11-19-14-6-4-5-7-15(14)21/h4-12H,1-3H3,(H,20,22). The second kappa shape index (κ2) is 6.62. The van der Waals surface area contributed by atoms with Gasteiger partial charge in [-0.3, -0.25) is 10.2 Å². The third-order valence-corrected chi connectivity index (χ3v) is 3.46. The third kappa shape index (κ3) is 3.17. The fourth-order valence-electron chi connectivity index (χ4n) is 2.38. The van der Waals surface area contributed by atoms with Crippen molar-refractivity contribution >= 4 is 16.9 Å². The molecule has 0 aliphatic heterocycles. The normalized spacial score (nSPS) is 10.8. The van der Waals surface area contributed by atoms with Crippen molar-refractivity contribution in [1.82, 2.24) is 9.66 Å². The van der Waals surface area contributed by atoms with Gasteiger partial charge in [-0.25, -0.2) is 9.66 Å². The Balaban J connectivity index is 1.84. The Morgan fingerprint density at radius 2 is 1.96 bits per heavy atom. The summed E-state index contributed by atoms with van der Waals surface area (Å²) < 4.78 is 12.6. The lowest BCUT2D eigenvalue weighted by Gasteiger charge is -2.14. The number of fused-ring (bicyclic) bond motifs is 1. The fourth-order valence-corrected chi connectivity index (χ4v) is 2.38. The van der Waals surface area contributed by atoms with Crippen LogP contribution in [-0.2, 0) is 0 Å². The second-order valence-corrected chi connectivity index (χ2v) is 5.58. The van der Waals surface area contributed by atoms with E-state index >= 15 is 0 Å². The molecule has 0 aliphatic rings. The number of carbonyl (C=O) groups is 1. The SMILES string of the molecule is COc1cc(C(=O)Nn2cnc3ccccc32)ccc1OC(C)C.